The molecule has 2 rings (SSSR count). The molecule has 0 atom stereocenters. The van der Waals surface area contributed by atoms with E-state index >= 15 is 0 Å². The van der Waals surface area contributed by atoms with Crippen LogP contribution in [-0.4, -0.2) is 29.3 Å². The SMILES string of the molecule is Cc1sc(C(=O)O)cc1CNCC1(CO)CCCC1. The molecule has 19 heavy (non-hydrogen) atoms. The van der Waals surface area contributed by atoms with E-state index in [-0.39, 0.29) is 12.0 Å². The second-order valence-corrected chi connectivity index (χ2v) is 6.72. The first kappa shape index (κ1) is 14.5. The van der Waals surface area contributed by atoms with E-state index in [1.807, 2.05) is 6.92 Å². The van der Waals surface area contributed by atoms with Gasteiger partial charge in [0, 0.05) is 30.0 Å². The van der Waals surface area contributed by atoms with Crippen molar-refractivity contribution in [3.8, 4) is 0 Å². The second-order valence-electron chi connectivity index (χ2n) is 5.47. The molecule has 5 heteroatoms. The smallest absolute Gasteiger partial charge is 0.345 e. The Bertz CT molecular complexity index is 450. The highest BCUT2D eigenvalue weighted by Crippen LogP contribution is 2.37. The Morgan fingerprint density at radius 1 is 1.47 bits per heavy atom. The summed E-state index contributed by atoms with van der Waals surface area (Å²) >= 11 is 1.32. The molecule has 1 heterocycles. The largest absolute Gasteiger partial charge is 0.477 e. The maximum Gasteiger partial charge on any atom is 0.345 e. The minimum absolute atomic E-state index is 0.0412. The average Bonchev–Trinajstić information content (AvgIpc) is 2.98. The number of aliphatic hydroxyl groups excluding tert-OH is 1. The molecule has 0 aliphatic heterocycles. The van der Waals surface area contributed by atoms with Crippen molar-refractivity contribution in [2.24, 2.45) is 5.41 Å². The summed E-state index contributed by atoms with van der Waals surface area (Å²) in [6, 6.07) is 1.75. The quantitative estimate of drug-likeness (QED) is 0.750. The van der Waals surface area contributed by atoms with Gasteiger partial charge in [0.2, 0.25) is 0 Å². The molecule has 0 radical (unpaired) electrons. The summed E-state index contributed by atoms with van der Waals surface area (Å²) < 4.78 is 0. The van der Waals surface area contributed by atoms with Gasteiger partial charge in [-0.05, 0) is 31.4 Å². The van der Waals surface area contributed by atoms with E-state index in [2.05, 4.69) is 5.32 Å². The molecule has 1 saturated carbocycles. The number of aliphatic hydroxyl groups is 1. The monoisotopic (exact) mass is 283 g/mol. The van der Waals surface area contributed by atoms with E-state index in [9.17, 15) is 9.90 Å². The molecule has 0 bridgehead atoms. The Morgan fingerprint density at radius 2 is 2.16 bits per heavy atom. The third kappa shape index (κ3) is 3.35. The van der Waals surface area contributed by atoms with E-state index in [1.54, 1.807) is 6.07 Å². The van der Waals surface area contributed by atoms with Gasteiger partial charge in [-0.2, -0.15) is 0 Å². The van der Waals surface area contributed by atoms with Crippen LogP contribution < -0.4 is 5.32 Å². The fraction of sp³-hybridized carbons (Fsp3) is 0.643. The first-order chi connectivity index (χ1) is 9.06. The number of rotatable bonds is 6. The number of thiophene rings is 1. The normalized spacial score (nSPS) is 17.8. The number of carbonyl (C=O) groups is 1. The molecular weight excluding hydrogens is 262 g/mol. The lowest BCUT2D eigenvalue weighted by molar-refractivity contribution is 0.0702. The molecule has 1 aliphatic rings. The van der Waals surface area contributed by atoms with Crippen LogP contribution >= 0.6 is 11.3 Å². The average molecular weight is 283 g/mol. The Kier molecular flexibility index (Phi) is 4.60. The summed E-state index contributed by atoms with van der Waals surface area (Å²) in [5.74, 6) is -0.859. The molecular formula is C14H21NO3S. The highest BCUT2D eigenvalue weighted by molar-refractivity contribution is 7.14. The van der Waals surface area contributed by atoms with Gasteiger partial charge in [-0.15, -0.1) is 11.3 Å². The molecule has 106 valence electrons. The molecule has 1 fully saturated rings. The van der Waals surface area contributed by atoms with Crippen molar-refractivity contribution < 1.29 is 15.0 Å². The number of aromatic carboxylic acids is 1. The van der Waals surface area contributed by atoms with Crippen LogP contribution in [0.25, 0.3) is 0 Å². The van der Waals surface area contributed by atoms with Crippen LogP contribution in [0.15, 0.2) is 6.07 Å². The Morgan fingerprint density at radius 3 is 2.68 bits per heavy atom. The number of carboxylic acids is 1. The van der Waals surface area contributed by atoms with E-state index in [4.69, 9.17) is 5.11 Å². The summed E-state index contributed by atoms with van der Waals surface area (Å²) in [5.41, 5.74) is 1.09. The van der Waals surface area contributed by atoms with Crippen molar-refractivity contribution in [3.05, 3.63) is 21.4 Å². The van der Waals surface area contributed by atoms with Gasteiger partial charge < -0.3 is 15.5 Å². The van der Waals surface area contributed by atoms with Crippen molar-refractivity contribution in [2.45, 2.75) is 39.2 Å². The molecule has 0 saturated heterocycles. The number of hydrogen-bond donors (Lipinski definition) is 3. The molecule has 0 aromatic carbocycles. The lowest BCUT2D eigenvalue weighted by Crippen LogP contribution is -2.34. The molecule has 0 unspecified atom stereocenters. The summed E-state index contributed by atoms with van der Waals surface area (Å²) in [7, 11) is 0. The minimum atomic E-state index is -0.859. The van der Waals surface area contributed by atoms with Crippen molar-refractivity contribution >= 4 is 17.3 Å². The van der Waals surface area contributed by atoms with Crippen LogP contribution in [0.4, 0.5) is 0 Å². The number of aryl methyl sites for hydroxylation is 1. The fourth-order valence-corrected chi connectivity index (χ4v) is 3.66. The summed E-state index contributed by atoms with van der Waals surface area (Å²) in [6.45, 7) is 3.67. The van der Waals surface area contributed by atoms with E-state index in [0.29, 0.717) is 11.4 Å². The third-order valence-electron chi connectivity index (χ3n) is 4.05. The van der Waals surface area contributed by atoms with Gasteiger partial charge in [0.25, 0.3) is 0 Å². The van der Waals surface area contributed by atoms with Gasteiger partial charge in [-0.1, -0.05) is 12.8 Å². The summed E-state index contributed by atoms with van der Waals surface area (Å²) in [5, 5.41) is 21.9. The second kappa shape index (κ2) is 6.03. The molecule has 1 aromatic rings. The van der Waals surface area contributed by atoms with Crippen molar-refractivity contribution in [2.75, 3.05) is 13.2 Å². The number of hydrogen-bond acceptors (Lipinski definition) is 4. The van der Waals surface area contributed by atoms with Crippen molar-refractivity contribution in [3.63, 3.8) is 0 Å². The lowest BCUT2D eigenvalue weighted by Gasteiger charge is -2.26. The van der Waals surface area contributed by atoms with Crippen molar-refractivity contribution in [1.82, 2.24) is 5.32 Å². The van der Waals surface area contributed by atoms with Crippen LogP contribution in [0.5, 0.6) is 0 Å². The summed E-state index contributed by atoms with van der Waals surface area (Å²) in [4.78, 5) is 12.3. The lowest BCUT2D eigenvalue weighted by atomic mass is 9.87. The highest BCUT2D eigenvalue weighted by atomic mass is 32.1. The number of carboxylic acid groups (broad SMARTS) is 1. The van der Waals surface area contributed by atoms with Gasteiger partial charge in [-0.25, -0.2) is 4.79 Å². The summed E-state index contributed by atoms with van der Waals surface area (Å²) in [6.07, 6.45) is 4.56. The molecule has 3 N–H and O–H groups in total. The first-order valence-corrected chi connectivity index (χ1v) is 7.52. The molecule has 0 amide bonds. The van der Waals surface area contributed by atoms with E-state index in [1.165, 1.54) is 24.2 Å². The predicted molar refractivity (Wildman–Crippen MR) is 75.7 cm³/mol. The minimum Gasteiger partial charge on any atom is -0.477 e. The third-order valence-corrected chi connectivity index (χ3v) is 5.13. The zero-order chi connectivity index (χ0) is 13.9. The van der Waals surface area contributed by atoms with Crippen LogP contribution in [-0.2, 0) is 6.54 Å². The zero-order valence-corrected chi connectivity index (χ0v) is 12.1. The molecule has 0 spiro atoms. The predicted octanol–water partition coefficient (Wildman–Crippen LogP) is 2.40. The fourth-order valence-electron chi connectivity index (χ4n) is 2.78. The Balaban J connectivity index is 1.90. The van der Waals surface area contributed by atoms with Gasteiger partial charge >= 0.3 is 5.97 Å². The van der Waals surface area contributed by atoms with Crippen LogP contribution in [0.1, 0.15) is 45.8 Å². The van der Waals surface area contributed by atoms with E-state index in [0.717, 1.165) is 29.8 Å². The first-order valence-electron chi connectivity index (χ1n) is 6.70. The Labute approximate surface area is 117 Å². The van der Waals surface area contributed by atoms with Gasteiger partial charge in [0.15, 0.2) is 0 Å². The van der Waals surface area contributed by atoms with Gasteiger partial charge in [-0.3, -0.25) is 0 Å². The van der Waals surface area contributed by atoms with Crippen LogP contribution in [0.3, 0.4) is 0 Å². The Hall–Kier alpha value is -0.910. The van der Waals surface area contributed by atoms with Crippen LogP contribution in [0.2, 0.25) is 0 Å². The van der Waals surface area contributed by atoms with Crippen molar-refractivity contribution in [1.29, 1.82) is 0 Å². The van der Waals surface area contributed by atoms with Crippen LogP contribution in [0, 0.1) is 12.3 Å². The topological polar surface area (TPSA) is 69.6 Å². The van der Waals surface area contributed by atoms with Gasteiger partial charge in [0.05, 0.1) is 0 Å². The maximum atomic E-state index is 10.9. The number of nitrogens with one attached hydrogen (secondary N) is 1. The highest BCUT2D eigenvalue weighted by Gasteiger charge is 2.32. The molecule has 4 nitrogen and oxygen atoms in total. The van der Waals surface area contributed by atoms with Gasteiger partial charge in [0.1, 0.15) is 4.88 Å². The van der Waals surface area contributed by atoms with E-state index < -0.39 is 5.97 Å². The zero-order valence-electron chi connectivity index (χ0n) is 11.2. The maximum absolute atomic E-state index is 10.9. The molecule has 1 aliphatic carbocycles. The standard InChI is InChI=1S/C14H21NO3S/c1-10-11(6-12(19-10)13(17)18)7-15-8-14(9-16)4-2-3-5-14/h6,15-16H,2-5,7-9H2,1H3,(H,17,18). The molecule has 1 aromatic heterocycles.